The molecule has 0 saturated heterocycles. The van der Waals surface area contributed by atoms with Crippen molar-refractivity contribution in [3.8, 4) is 0 Å². The Morgan fingerprint density at radius 1 is 1.13 bits per heavy atom. The Kier molecular flexibility index (Phi) is 8.08. The van der Waals surface area contributed by atoms with Crippen molar-refractivity contribution in [3.63, 3.8) is 0 Å². The van der Waals surface area contributed by atoms with Gasteiger partial charge in [-0.25, -0.2) is 8.42 Å². The van der Waals surface area contributed by atoms with Crippen LogP contribution < -0.4 is 9.62 Å². The van der Waals surface area contributed by atoms with E-state index in [1.807, 2.05) is 13.0 Å². The number of benzene rings is 2. The Labute approximate surface area is 189 Å². The van der Waals surface area contributed by atoms with Crippen molar-refractivity contribution in [2.75, 3.05) is 24.2 Å². The molecule has 31 heavy (non-hydrogen) atoms. The fourth-order valence-corrected chi connectivity index (χ4v) is 4.42. The molecule has 168 valence electrons. The third kappa shape index (κ3) is 6.45. The van der Waals surface area contributed by atoms with Crippen LogP contribution in [0.15, 0.2) is 42.5 Å². The molecule has 0 heterocycles. The van der Waals surface area contributed by atoms with Gasteiger partial charge in [0.05, 0.1) is 11.9 Å². The maximum absolute atomic E-state index is 13.3. The van der Waals surface area contributed by atoms with Gasteiger partial charge in [-0.15, -0.1) is 0 Å². The van der Waals surface area contributed by atoms with E-state index in [-0.39, 0.29) is 12.5 Å². The molecule has 2 aromatic rings. The second-order valence-corrected chi connectivity index (χ2v) is 9.84. The molecule has 0 fully saturated rings. The van der Waals surface area contributed by atoms with Gasteiger partial charge in [-0.05, 0) is 50.1 Å². The number of likely N-dealkylation sites (N-methyl/N-ethyl adjacent to an activating group) is 1. The molecule has 0 saturated carbocycles. The molecule has 0 aliphatic carbocycles. The number of nitrogens with zero attached hydrogens (tertiary/aromatic N) is 2. The van der Waals surface area contributed by atoms with Crippen LogP contribution in [0.25, 0.3) is 0 Å². The second-order valence-electron chi connectivity index (χ2n) is 7.50. The summed E-state index contributed by atoms with van der Waals surface area (Å²) in [5, 5.41) is 3.04. The maximum atomic E-state index is 13.3. The fraction of sp³-hybridized carbons (Fsp3) is 0.364. The highest BCUT2D eigenvalue weighted by Gasteiger charge is 2.30. The predicted molar refractivity (Wildman–Crippen MR) is 124 cm³/mol. The summed E-state index contributed by atoms with van der Waals surface area (Å²) < 4.78 is 26.2. The molecule has 1 atom stereocenters. The minimum Gasteiger partial charge on any atom is -0.357 e. The summed E-state index contributed by atoms with van der Waals surface area (Å²) in [6.45, 7) is 4.98. The molecular formula is C22H28ClN3O4S. The highest BCUT2D eigenvalue weighted by atomic mass is 35.5. The quantitative estimate of drug-likeness (QED) is 0.649. The molecule has 7 nitrogen and oxygen atoms in total. The standard InChI is InChI=1S/C22H28ClN3O4S/c1-15-9-10-20(16(2)11-15)26(31(5,29)30)14-21(27)25(17(3)22(28)24-4)13-18-7-6-8-19(23)12-18/h6-12,17H,13-14H2,1-5H3,(H,24,28)/t17-/m0/s1. The molecule has 0 aromatic heterocycles. The lowest BCUT2D eigenvalue weighted by molar-refractivity contribution is -0.139. The van der Waals surface area contributed by atoms with E-state index >= 15 is 0 Å². The van der Waals surface area contributed by atoms with Crippen LogP contribution in [0.2, 0.25) is 5.02 Å². The SMILES string of the molecule is CNC(=O)[C@H](C)N(Cc1cccc(Cl)c1)C(=O)CN(c1ccc(C)cc1C)S(C)(=O)=O. The van der Waals surface area contributed by atoms with Crippen LogP contribution in [0.3, 0.4) is 0 Å². The van der Waals surface area contributed by atoms with Crippen molar-refractivity contribution in [1.29, 1.82) is 0 Å². The van der Waals surface area contributed by atoms with E-state index in [2.05, 4.69) is 5.32 Å². The minimum atomic E-state index is -3.75. The van der Waals surface area contributed by atoms with Gasteiger partial charge in [0.15, 0.2) is 0 Å². The third-order valence-corrected chi connectivity index (χ3v) is 6.32. The van der Waals surface area contributed by atoms with Gasteiger partial charge in [0.25, 0.3) is 0 Å². The first-order valence-electron chi connectivity index (χ1n) is 9.74. The Morgan fingerprint density at radius 3 is 2.35 bits per heavy atom. The fourth-order valence-electron chi connectivity index (χ4n) is 3.30. The molecule has 9 heteroatoms. The molecule has 2 amide bonds. The molecule has 2 rings (SSSR count). The highest BCUT2D eigenvalue weighted by Crippen LogP contribution is 2.24. The summed E-state index contributed by atoms with van der Waals surface area (Å²) in [6.07, 6.45) is 1.06. The Bertz CT molecular complexity index is 1070. The van der Waals surface area contributed by atoms with Crippen LogP contribution in [0.4, 0.5) is 5.69 Å². The van der Waals surface area contributed by atoms with Crippen molar-refractivity contribution in [2.24, 2.45) is 0 Å². The van der Waals surface area contributed by atoms with Crippen LogP contribution in [-0.4, -0.2) is 51.0 Å². The van der Waals surface area contributed by atoms with Crippen molar-refractivity contribution in [2.45, 2.75) is 33.4 Å². The summed E-state index contributed by atoms with van der Waals surface area (Å²) in [5.41, 5.74) is 2.88. The number of carbonyl (C=O) groups is 2. The minimum absolute atomic E-state index is 0.110. The predicted octanol–water partition coefficient (Wildman–Crippen LogP) is 2.89. The zero-order valence-electron chi connectivity index (χ0n) is 18.3. The average Bonchev–Trinajstić information content (AvgIpc) is 2.68. The van der Waals surface area contributed by atoms with Gasteiger partial charge in [0.2, 0.25) is 21.8 Å². The van der Waals surface area contributed by atoms with Gasteiger partial charge in [-0.2, -0.15) is 0 Å². The number of anilines is 1. The Balaban J connectivity index is 2.42. The first-order chi connectivity index (χ1) is 14.4. The zero-order valence-corrected chi connectivity index (χ0v) is 19.9. The maximum Gasteiger partial charge on any atom is 0.244 e. The zero-order chi connectivity index (χ0) is 23.3. The molecule has 0 bridgehead atoms. The largest absolute Gasteiger partial charge is 0.357 e. The molecular weight excluding hydrogens is 438 g/mol. The summed E-state index contributed by atoms with van der Waals surface area (Å²) in [4.78, 5) is 27.0. The summed E-state index contributed by atoms with van der Waals surface area (Å²) in [6, 6.07) is 11.5. The monoisotopic (exact) mass is 465 g/mol. The summed E-state index contributed by atoms with van der Waals surface area (Å²) in [5.74, 6) is -0.853. The molecule has 0 radical (unpaired) electrons. The Hall–Kier alpha value is -2.58. The lowest BCUT2D eigenvalue weighted by Gasteiger charge is -2.31. The van der Waals surface area contributed by atoms with E-state index in [1.165, 1.54) is 11.9 Å². The summed E-state index contributed by atoms with van der Waals surface area (Å²) in [7, 11) is -2.26. The van der Waals surface area contributed by atoms with Crippen molar-refractivity contribution >= 4 is 39.1 Å². The number of halogens is 1. The van der Waals surface area contributed by atoms with Crippen molar-refractivity contribution in [3.05, 3.63) is 64.2 Å². The van der Waals surface area contributed by atoms with E-state index in [9.17, 15) is 18.0 Å². The molecule has 2 aromatic carbocycles. The topological polar surface area (TPSA) is 86.8 Å². The lowest BCUT2D eigenvalue weighted by atomic mass is 10.1. The van der Waals surface area contributed by atoms with Gasteiger partial charge in [-0.1, -0.05) is 41.4 Å². The molecule has 1 N–H and O–H groups in total. The van der Waals surface area contributed by atoms with Crippen LogP contribution in [-0.2, 0) is 26.2 Å². The third-order valence-electron chi connectivity index (χ3n) is 4.96. The number of hydrogen-bond acceptors (Lipinski definition) is 4. The van der Waals surface area contributed by atoms with E-state index in [0.717, 1.165) is 27.3 Å². The van der Waals surface area contributed by atoms with E-state index in [4.69, 9.17) is 11.6 Å². The van der Waals surface area contributed by atoms with Gasteiger partial charge < -0.3 is 10.2 Å². The molecule has 0 aliphatic rings. The molecule has 0 aliphatic heterocycles. The number of hydrogen-bond donors (Lipinski definition) is 1. The van der Waals surface area contributed by atoms with Gasteiger partial charge in [0, 0.05) is 18.6 Å². The van der Waals surface area contributed by atoms with Gasteiger partial charge >= 0.3 is 0 Å². The van der Waals surface area contributed by atoms with E-state index in [0.29, 0.717) is 10.7 Å². The number of amides is 2. The van der Waals surface area contributed by atoms with Gasteiger partial charge in [-0.3, -0.25) is 13.9 Å². The number of aryl methyl sites for hydroxylation is 2. The average molecular weight is 466 g/mol. The van der Waals surface area contributed by atoms with Crippen LogP contribution in [0.1, 0.15) is 23.6 Å². The summed E-state index contributed by atoms with van der Waals surface area (Å²) >= 11 is 6.06. The number of sulfonamides is 1. The van der Waals surface area contributed by atoms with Crippen LogP contribution in [0.5, 0.6) is 0 Å². The molecule has 0 unspecified atom stereocenters. The van der Waals surface area contributed by atoms with E-state index < -0.39 is 28.5 Å². The van der Waals surface area contributed by atoms with Crippen molar-refractivity contribution < 1.29 is 18.0 Å². The first-order valence-corrected chi connectivity index (χ1v) is 12.0. The van der Waals surface area contributed by atoms with Crippen molar-refractivity contribution in [1.82, 2.24) is 10.2 Å². The number of nitrogens with one attached hydrogen (secondary N) is 1. The normalized spacial score (nSPS) is 12.2. The smallest absolute Gasteiger partial charge is 0.244 e. The first kappa shape index (κ1) is 24.7. The Morgan fingerprint density at radius 2 is 1.81 bits per heavy atom. The number of rotatable bonds is 8. The molecule has 0 spiro atoms. The number of carbonyl (C=O) groups excluding carboxylic acids is 2. The highest BCUT2D eigenvalue weighted by molar-refractivity contribution is 7.92. The second kappa shape index (κ2) is 10.2. The van der Waals surface area contributed by atoms with Crippen LogP contribution >= 0.6 is 11.6 Å². The van der Waals surface area contributed by atoms with E-state index in [1.54, 1.807) is 50.2 Å². The van der Waals surface area contributed by atoms with Crippen LogP contribution in [0, 0.1) is 13.8 Å². The van der Waals surface area contributed by atoms with Gasteiger partial charge in [0.1, 0.15) is 12.6 Å². The lowest BCUT2D eigenvalue weighted by Crippen LogP contribution is -2.50.